The molecule has 0 bridgehead atoms. The number of carbonyl (C=O) groups is 1. The number of nitrogens with zero attached hydrogens (tertiary/aromatic N) is 7. The van der Waals surface area contributed by atoms with Crippen LogP contribution in [-0.4, -0.2) is 82.1 Å². The number of methoxy groups -OCH3 is 1. The van der Waals surface area contributed by atoms with Crippen LogP contribution in [0.1, 0.15) is 24.2 Å². The molecule has 0 atom stereocenters. The zero-order valence-corrected chi connectivity index (χ0v) is 25.6. The Hall–Kier alpha value is -4.26. The SMILES string of the molecule is CCNC(=O)c1cc(OC)c(Cl)c(Nc2ncncc2-c2cc(Nc3ccc(N4CCN(CC)CC4)cn3)ncn2)c1Cl. The van der Waals surface area contributed by atoms with E-state index in [9.17, 15) is 4.79 Å². The summed E-state index contributed by atoms with van der Waals surface area (Å²) in [5.74, 6) is 1.47. The number of amides is 1. The molecule has 0 radical (unpaired) electrons. The molecular formula is C29H32Cl2N10O2. The van der Waals surface area contributed by atoms with Crippen LogP contribution in [-0.2, 0) is 0 Å². The first-order valence-corrected chi connectivity index (χ1v) is 14.6. The smallest absolute Gasteiger partial charge is 0.253 e. The first kappa shape index (κ1) is 30.2. The summed E-state index contributed by atoms with van der Waals surface area (Å²) in [5.41, 5.74) is 2.64. The van der Waals surface area contributed by atoms with Gasteiger partial charge in [-0.3, -0.25) is 4.79 Å². The van der Waals surface area contributed by atoms with E-state index >= 15 is 0 Å². The van der Waals surface area contributed by atoms with Crippen molar-refractivity contribution in [1.82, 2.24) is 35.1 Å². The average molecular weight is 624 g/mol. The lowest BCUT2D eigenvalue weighted by molar-refractivity contribution is 0.0955. The van der Waals surface area contributed by atoms with Crippen molar-refractivity contribution >= 4 is 57.9 Å². The van der Waals surface area contributed by atoms with Gasteiger partial charge in [-0.1, -0.05) is 30.1 Å². The van der Waals surface area contributed by atoms with E-state index in [1.165, 1.54) is 25.8 Å². The van der Waals surface area contributed by atoms with E-state index < -0.39 is 0 Å². The summed E-state index contributed by atoms with van der Waals surface area (Å²) < 4.78 is 5.40. The van der Waals surface area contributed by atoms with Crippen LogP contribution in [0.5, 0.6) is 5.75 Å². The molecule has 1 saturated heterocycles. The summed E-state index contributed by atoms with van der Waals surface area (Å²) in [6.07, 6.45) is 6.30. The Morgan fingerprint density at radius 3 is 2.44 bits per heavy atom. The number of hydrogen-bond donors (Lipinski definition) is 3. The molecule has 43 heavy (non-hydrogen) atoms. The Morgan fingerprint density at radius 1 is 0.930 bits per heavy atom. The van der Waals surface area contributed by atoms with Crippen LogP contribution in [0.3, 0.4) is 0 Å². The van der Waals surface area contributed by atoms with Crippen LogP contribution in [0.15, 0.2) is 49.3 Å². The molecule has 0 saturated carbocycles. The second kappa shape index (κ2) is 13.8. The Bertz CT molecular complexity index is 1580. The van der Waals surface area contributed by atoms with E-state index in [0.29, 0.717) is 35.3 Å². The summed E-state index contributed by atoms with van der Waals surface area (Å²) in [6, 6.07) is 7.25. The van der Waals surface area contributed by atoms with Crippen molar-refractivity contribution in [2.75, 3.05) is 61.9 Å². The van der Waals surface area contributed by atoms with Crippen molar-refractivity contribution in [2.45, 2.75) is 13.8 Å². The van der Waals surface area contributed by atoms with E-state index in [4.69, 9.17) is 27.9 Å². The molecule has 3 N–H and O–H groups in total. The third kappa shape index (κ3) is 6.87. The molecule has 0 aliphatic carbocycles. The topological polar surface area (TPSA) is 133 Å². The highest BCUT2D eigenvalue weighted by molar-refractivity contribution is 6.42. The fraction of sp³-hybridized carbons (Fsp3) is 0.310. The van der Waals surface area contributed by atoms with Crippen LogP contribution < -0.4 is 25.6 Å². The number of rotatable bonds is 10. The maximum absolute atomic E-state index is 12.7. The molecule has 3 aromatic heterocycles. The van der Waals surface area contributed by atoms with Gasteiger partial charge in [0.25, 0.3) is 5.91 Å². The number of hydrogen-bond acceptors (Lipinski definition) is 11. The third-order valence-electron chi connectivity index (χ3n) is 7.06. The number of anilines is 5. The lowest BCUT2D eigenvalue weighted by Crippen LogP contribution is -2.46. The number of piperazine rings is 1. The molecule has 1 aliphatic heterocycles. The molecule has 5 rings (SSSR count). The molecule has 224 valence electrons. The molecule has 1 fully saturated rings. The first-order valence-electron chi connectivity index (χ1n) is 13.9. The molecule has 1 amide bonds. The van der Waals surface area contributed by atoms with Crippen molar-refractivity contribution in [3.63, 3.8) is 0 Å². The second-order valence-electron chi connectivity index (χ2n) is 9.64. The Morgan fingerprint density at radius 2 is 1.74 bits per heavy atom. The van der Waals surface area contributed by atoms with E-state index in [1.807, 2.05) is 19.2 Å². The minimum atomic E-state index is -0.361. The van der Waals surface area contributed by atoms with Gasteiger partial charge < -0.3 is 30.5 Å². The summed E-state index contributed by atoms with van der Waals surface area (Å²) in [6.45, 7) is 9.56. The number of ether oxygens (including phenoxy) is 1. The van der Waals surface area contributed by atoms with Gasteiger partial charge in [0.2, 0.25) is 0 Å². The fourth-order valence-corrected chi connectivity index (χ4v) is 5.30. The van der Waals surface area contributed by atoms with Crippen molar-refractivity contribution in [1.29, 1.82) is 0 Å². The average Bonchev–Trinajstić information content (AvgIpc) is 3.04. The predicted molar refractivity (Wildman–Crippen MR) is 169 cm³/mol. The van der Waals surface area contributed by atoms with Crippen molar-refractivity contribution in [3.8, 4) is 17.0 Å². The molecule has 4 heterocycles. The minimum Gasteiger partial charge on any atom is -0.495 e. The van der Waals surface area contributed by atoms with Crippen molar-refractivity contribution in [3.05, 3.63) is 64.9 Å². The van der Waals surface area contributed by atoms with Gasteiger partial charge in [0.1, 0.15) is 40.9 Å². The quantitative estimate of drug-likeness (QED) is 0.220. The molecule has 1 aliphatic rings. The van der Waals surface area contributed by atoms with Gasteiger partial charge in [-0.15, -0.1) is 0 Å². The summed E-state index contributed by atoms with van der Waals surface area (Å²) in [7, 11) is 1.46. The highest BCUT2D eigenvalue weighted by atomic mass is 35.5. The summed E-state index contributed by atoms with van der Waals surface area (Å²) >= 11 is 13.3. The number of pyridine rings is 1. The van der Waals surface area contributed by atoms with Crippen molar-refractivity contribution in [2.24, 2.45) is 0 Å². The van der Waals surface area contributed by atoms with Gasteiger partial charge in [-0.25, -0.2) is 24.9 Å². The number of carbonyl (C=O) groups excluding carboxylic acids is 1. The van der Waals surface area contributed by atoms with Crippen LogP contribution in [0, 0.1) is 0 Å². The summed E-state index contributed by atoms with van der Waals surface area (Å²) in [4.78, 5) is 39.4. The maximum Gasteiger partial charge on any atom is 0.253 e. The van der Waals surface area contributed by atoms with Crippen LogP contribution >= 0.6 is 23.2 Å². The monoisotopic (exact) mass is 622 g/mol. The molecular weight excluding hydrogens is 591 g/mol. The Kier molecular flexibility index (Phi) is 9.70. The van der Waals surface area contributed by atoms with Crippen molar-refractivity contribution < 1.29 is 9.53 Å². The molecule has 0 spiro atoms. The standard InChI is InChI=1S/C29H32Cl2N10O2/c1-4-33-29(42)19-12-22(43-3)26(31)27(25(19)30)39-28-20(15-32-16-37-28)21-13-24(36-17-35-21)38-23-7-6-18(14-34-23)41-10-8-40(5-2)9-11-41/h6-7,12-17H,4-5,8-11H2,1-3H3,(H,33,42)(H,32,37,39)(H,34,35,36,38). The Balaban J connectivity index is 1.38. The zero-order chi connectivity index (χ0) is 30.3. The predicted octanol–water partition coefficient (Wildman–Crippen LogP) is 5.02. The maximum atomic E-state index is 12.7. The van der Waals surface area contributed by atoms with Crippen LogP contribution in [0.2, 0.25) is 10.0 Å². The number of halogens is 2. The van der Waals surface area contributed by atoms with Gasteiger partial charge in [-0.2, -0.15) is 0 Å². The molecule has 12 nitrogen and oxygen atoms in total. The lowest BCUT2D eigenvalue weighted by atomic mass is 10.1. The zero-order valence-electron chi connectivity index (χ0n) is 24.1. The number of nitrogens with one attached hydrogen (secondary N) is 3. The van der Waals surface area contributed by atoms with E-state index in [-0.39, 0.29) is 33.0 Å². The minimum absolute atomic E-state index is 0.119. The largest absolute Gasteiger partial charge is 0.495 e. The Labute approximate surface area is 259 Å². The molecule has 14 heteroatoms. The first-order chi connectivity index (χ1) is 20.9. The fourth-order valence-electron chi connectivity index (χ4n) is 4.70. The van der Waals surface area contributed by atoms with Gasteiger partial charge in [0, 0.05) is 45.0 Å². The number of aromatic nitrogens is 5. The van der Waals surface area contributed by atoms with Crippen LogP contribution in [0.25, 0.3) is 11.3 Å². The molecule has 4 aromatic rings. The molecule has 1 aromatic carbocycles. The second-order valence-corrected chi connectivity index (χ2v) is 10.4. The lowest BCUT2D eigenvalue weighted by Gasteiger charge is -2.35. The van der Waals surface area contributed by atoms with Gasteiger partial charge in [-0.05, 0) is 31.7 Å². The van der Waals surface area contributed by atoms with E-state index in [2.05, 4.69) is 63.7 Å². The van der Waals surface area contributed by atoms with Crippen LogP contribution in [0.4, 0.5) is 28.8 Å². The number of likely N-dealkylation sites (N-methyl/N-ethyl adjacent to an activating group) is 1. The van der Waals surface area contributed by atoms with E-state index in [1.54, 1.807) is 12.3 Å². The normalized spacial score (nSPS) is 13.5. The third-order valence-corrected chi connectivity index (χ3v) is 7.82. The number of benzene rings is 1. The summed E-state index contributed by atoms with van der Waals surface area (Å²) in [5, 5.41) is 9.45. The van der Waals surface area contributed by atoms with Gasteiger partial charge in [0.15, 0.2) is 0 Å². The van der Waals surface area contributed by atoms with Gasteiger partial charge in [0.05, 0.1) is 46.5 Å². The highest BCUT2D eigenvalue weighted by Gasteiger charge is 2.22. The van der Waals surface area contributed by atoms with E-state index in [0.717, 1.165) is 38.4 Å². The van der Waals surface area contributed by atoms with Gasteiger partial charge >= 0.3 is 0 Å². The molecule has 0 unspecified atom stereocenters. The highest BCUT2D eigenvalue weighted by Crippen LogP contribution is 2.42.